The van der Waals surface area contributed by atoms with Crippen LogP contribution in [0.15, 0.2) is 36.8 Å². The van der Waals surface area contributed by atoms with E-state index in [1.165, 1.54) is 35.3 Å². The third kappa shape index (κ3) is 2.19. The lowest BCUT2D eigenvalue weighted by Crippen LogP contribution is -2.12. The van der Waals surface area contributed by atoms with Crippen molar-refractivity contribution in [1.82, 2.24) is 25.1 Å². The van der Waals surface area contributed by atoms with Crippen LogP contribution in [0.4, 0.5) is 14.7 Å². The average Bonchev–Trinajstić information content (AvgIpc) is 2.95. The van der Waals surface area contributed by atoms with Gasteiger partial charge in [-0.15, -0.1) is 0 Å². The quantitative estimate of drug-likeness (QED) is 0.755. The molecule has 0 amide bonds. The van der Waals surface area contributed by atoms with Gasteiger partial charge in [0, 0.05) is 30.1 Å². The van der Waals surface area contributed by atoms with Crippen molar-refractivity contribution in [2.75, 3.05) is 5.73 Å². The molecule has 3 heterocycles. The number of hydrogen-bond acceptors (Lipinski definition) is 5. The van der Waals surface area contributed by atoms with Crippen molar-refractivity contribution in [2.45, 2.75) is 6.54 Å². The molecule has 1 aliphatic rings. The number of anilines is 1. The van der Waals surface area contributed by atoms with E-state index >= 15 is 0 Å². The van der Waals surface area contributed by atoms with Crippen LogP contribution < -0.4 is 11.1 Å². The van der Waals surface area contributed by atoms with Crippen molar-refractivity contribution >= 4 is 12.0 Å². The van der Waals surface area contributed by atoms with Gasteiger partial charge in [-0.2, -0.15) is 5.10 Å². The Bertz CT molecular complexity index is 926. The highest BCUT2D eigenvalue weighted by atomic mass is 19.1. The summed E-state index contributed by atoms with van der Waals surface area (Å²) < 4.78 is 29.6. The highest BCUT2D eigenvalue weighted by Crippen LogP contribution is 2.31. The van der Waals surface area contributed by atoms with Gasteiger partial charge in [-0.25, -0.2) is 23.4 Å². The van der Waals surface area contributed by atoms with E-state index in [0.29, 0.717) is 23.5 Å². The van der Waals surface area contributed by atoms with Crippen LogP contribution >= 0.6 is 0 Å². The summed E-state index contributed by atoms with van der Waals surface area (Å²) in [6.45, 7) is 0.474. The zero-order valence-corrected chi connectivity index (χ0v) is 12.4. The zero-order chi connectivity index (χ0) is 16.7. The maximum atomic E-state index is 14.2. The molecule has 8 heteroatoms. The molecule has 3 N–H and O–H groups in total. The summed E-state index contributed by atoms with van der Waals surface area (Å²) in [4.78, 5) is 7.90. The van der Waals surface area contributed by atoms with Crippen LogP contribution in [-0.4, -0.2) is 19.7 Å². The molecule has 0 saturated heterocycles. The van der Waals surface area contributed by atoms with Crippen LogP contribution in [0.2, 0.25) is 0 Å². The second kappa shape index (κ2) is 5.41. The largest absolute Gasteiger partial charge is 0.387 e. The van der Waals surface area contributed by atoms with Crippen LogP contribution in [0.5, 0.6) is 0 Å². The predicted octanol–water partition coefficient (Wildman–Crippen LogP) is 2.26. The Balaban J connectivity index is 1.97. The molecule has 0 saturated carbocycles. The molecule has 2 aromatic heterocycles. The fourth-order valence-electron chi connectivity index (χ4n) is 2.66. The van der Waals surface area contributed by atoms with Crippen LogP contribution in [0.1, 0.15) is 11.3 Å². The minimum Gasteiger partial charge on any atom is -0.387 e. The number of nitrogen functional groups attached to an aromatic ring is 1. The van der Waals surface area contributed by atoms with Gasteiger partial charge in [0.05, 0.1) is 5.69 Å². The maximum Gasteiger partial charge on any atom is 0.219 e. The number of fused-ring (bicyclic) bond motifs is 1. The van der Waals surface area contributed by atoms with E-state index in [9.17, 15) is 8.78 Å². The molecule has 1 aliphatic heterocycles. The molecule has 1 aromatic carbocycles. The lowest BCUT2D eigenvalue weighted by molar-refractivity contribution is 0.559. The van der Waals surface area contributed by atoms with Gasteiger partial charge in [0.2, 0.25) is 5.95 Å². The topological polar surface area (TPSA) is 81.6 Å². The Morgan fingerprint density at radius 3 is 2.54 bits per heavy atom. The maximum absolute atomic E-state index is 14.2. The van der Waals surface area contributed by atoms with Gasteiger partial charge < -0.3 is 11.1 Å². The van der Waals surface area contributed by atoms with Gasteiger partial charge in [-0.3, -0.25) is 0 Å². The van der Waals surface area contributed by atoms with E-state index in [0.717, 1.165) is 5.56 Å². The lowest BCUT2D eigenvalue weighted by Gasteiger charge is -2.11. The van der Waals surface area contributed by atoms with Gasteiger partial charge >= 0.3 is 0 Å². The summed E-state index contributed by atoms with van der Waals surface area (Å²) >= 11 is 0. The molecular formula is C16H12F2N6. The Morgan fingerprint density at radius 2 is 1.83 bits per heavy atom. The molecular weight excluding hydrogens is 314 g/mol. The molecule has 120 valence electrons. The van der Waals surface area contributed by atoms with Crippen molar-refractivity contribution < 1.29 is 8.78 Å². The number of benzene rings is 1. The molecule has 0 unspecified atom stereocenters. The lowest BCUT2D eigenvalue weighted by atomic mass is 10.1. The molecule has 0 fully saturated rings. The molecule has 0 spiro atoms. The fourth-order valence-corrected chi connectivity index (χ4v) is 2.66. The van der Waals surface area contributed by atoms with Crippen molar-refractivity contribution in [3.8, 4) is 16.9 Å². The highest BCUT2D eigenvalue weighted by Gasteiger charge is 2.23. The Morgan fingerprint density at radius 1 is 1.12 bits per heavy atom. The molecule has 0 radical (unpaired) electrons. The Kier molecular flexibility index (Phi) is 3.23. The summed E-state index contributed by atoms with van der Waals surface area (Å²) in [7, 11) is 0. The number of rotatable bonds is 2. The van der Waals surface area contributed by atoms with Gasteiger partial charge in [0.1, 0.15) is 11.4 Å². The third-order valence-corrected chi connectivity index (χ3v) is 3.76. The number of halogens is 2. The number of nitrogens with zero attached hydrogens (tertiary/aromatic N) is 4. The van der Waals surface area contributed by atoms with Gasteiger partial charge in [-0.05, 0) is 24.4 Å². The average molecular weight is 326 g/mol. The number of aromatic nitrogens is 4. The molecule has 0 atom stereocenters. The number of para-hydroxylation sites is 1. The van der Waals surface area contributed by atoms with E-state index < -0.39 is 11.6 Å². The van der Waals surface area contributed by atoms with E-state index in [-0.39, 0.29) is 11.6 Å². The van der Waals surface area contributed by atoms with Crippen LogP contribution in [0.25, 0.3) is 23.0 Å². The van der Waals surface area contributed by atoms with Crippen molar-refractivity contribution in [3.05, 3.63) is 59.7 Å². The van der Waals surface area contributed by atoms with Gasteiger partial charge in [-0.1, -0.05) is 6.07 Å². The number of nitrogens with two attached hydrogens (primary N) is 1. The summed E-state index contributed by atoms with van der Waals surface area (Å²) in [6, 6.07) is 3.71. The second-order valence-corrected chi connectivity index (χ2v) is 5.24. The minimum atomic E-state index is -0.688. The molecule has 4 rings (SSSR count). The predicted molar refractivity (Wildman–Crippen MR) is 84.8 cm³/mol. The molecule has 0 aliphatic carbocycles. The number of nitrogens with one attached hydrogen (secondary N) is 1. The first kappa shape index (κ1) is 14.3. The molecule has 0 bridgehead atoms. The smallest absolute Gasteiger partial charge is 0.219 e. The van der Waals surface area contributed by atoms with E-state index in [4.69, 9.17) is 5.73 Å². The van der Waals surface area contributed by atoms with E-state index in [2.05, 4.69) is 20.4 Å². The molecule has 3 aromatic rings. The van der Waals surface area contributed by atoms with Gasteiger partial charge in [0.15, 0.2) is 11.6 Å². The normalized spacial score (nSPS) is 12.8. The second-order valence-electron chi connectivity index (χ2n) is 5.24. The van der Waals surface area contributed by atoms with Crippen molar-refractivity contribution in [1.29, 1.82) is 0 Å². The summed E-state index contributed by atoms with van der Waals surface area (Å²) in [6.07, 6.45) is 6.50. The van der Waals surface area contributed by atoms with Crippen LogP contribution in [0, 0.1) is 11.6 Å². The standard InChI is InChI=1S/C16H12F2N6/c17-11-2-1-3-12(18)15(11)24-13-4-5-20-8-10(13)14(23-24)9-6-21-16(19)22-7-9/h1-7,20H,8H2,(H2,19,21,22). The third-order valence-electron chi connectivity index (χ3n) is 3.76. The zero-order valence-electron chi connectivity index (χ0n) is 12.4. The van der Waals surface area contributed by atoms with Crippen molar-refractivity contribution in [3.63, 3.8) is 0 Å². The first-order chi connectivity index (χ1) is 11.6. The number of hydrogen-bond donors (Lipinski definition) is 2. The first-order valence-electron chi connectivity index (χ1n) is 7.19. The van der Waals surface area contributed by atoms with Crippen molar-refractivity contribution in [2.24, 2.45) is 0 Å². The van der Waals surface area contributed by atoms with Crippen LogP contribution in [-0.2, 0) is 6.54 Å². The SMILES string of the molecule is Nc1ncc(-c2nn(-c3c(F)cccc3F)c3c2CNC=C3)cn1. The Hall–Kier alpha value is -3.29. The summed E-state index contributed by atoms with van der Waals surface area (Å²) in [5.74, 6) is -1.23. The van der Waals surface area contributed by atoms with E-state index in [1.54, 1.807) is 12.3 Å². The fraction of sp³-hybridized carbons (Fsp3) is 0.0625. The monoisotopic (exact) mass is 326 g/mol. The minimum absolute atomic E-state index is 0.144. The van der Waals surface area contributed by atoms with E-state index in [1.807, 2.05) is 0 Å². The summed E-state index contributed by atoms with van der Waals surface area (Å²) in [5, 5.41) is 7.48. The first-order valence-corrected chi connectivity index (χ1v) is 7.19. The summed E-state index contributed by atoms with van der Waals surface area (Å²) in [5.41, 5.74) is 7.85. The highest BCUT2D eigenvalue weighted by molar-refractivity contribution is 5.70. The molecule has 24 heavy (non-hydrogen) atoms. The molecule has 6 nitrogen and oxygen atoms in total. The Labute approximate surface area is 135 Å². The van der Waals surface area contributed by atoms with Crippen LogP contribution in [0.3, 0.4) is 0 Å². The van der Waals surface area contributed by atoms with Gasteiger partial charge in [0.25, 0.3) is 0 Å².